The summed E-state index contributed by atoms with van der Waals surface area (Å²) >= 11 is 0. The largest absolute Gasteiger partial charge is 0.490 e. The van der Waals surface area contributed by atoms with E-state index in [1.54, 1.807) is 36.8 Å². The van der Waals surface area contributed by atoms with Crippen LogP contribution in [0.15, 0.2) is 49.1 Å². The molecule has 0 bridgehead atoms. The van der Waals surface area contributed by atoms with Gasteiger partial charge < -0.3 is 30.1 Å². The first kappa shape index (κ1) is 23.0. The van der Waals surface area contributed by atoms with Crippen LogP contribution in [-0.4, -0.2) is 81.8 Å². The highest BCUT2D eigenvalue weighted by molar-refractivity contribution is 6.58. The molecule has 35 heavy (non-hydrogen) atoms. The lowest BCUT2D eigenvalue weighted by atomic mass is 9.82. The zero-order valence-electron chi connectivity index (χ0n) is 19.4. The van der Waals surface area contributed by atoms with Crippen LogP contribution in [0.2, 0.25) is 0 Å². The van der Waals surface area contributed by atoms with E-state index >= 15 is 0 Å². The summed E-state index contributed by atoms with van der Waals surface area (Å²) in [5.41, 5.74) is 1.37. The summed E-state index contributed by atoms with van der Waals surface area (Å²) in [6.45, 7) is 6.25. The lowest BCUT2D eigenvalue weighted by Crippen LogP contribution is -2.53. The number of hydrogen-bond acceptors (Lipinski definition) is 10. The molecule has 1 atom stereocenters. The van der Waals surface area contributed by atoms with Gasteiger partial charge in [0.15, 0.2) is 0 Å². The van der Waals surface area contributed by atoms with E-state index in [1.165, 1.54) is 12.6 Å². The molecular formula is C23H27BN8O3. The number of pyridine rings is 2. The summed E-state index contributed by atoms with van der Waals surface area (Å²) in [5, 5.41) is 21.3. The van der Waals surface area contributed by atoms with Crippen molar-refractivity contribution in [2.24, 2.45) is 0 Å². The molecule has 2 saturated heterocycles. The molecule has 11 nitrogen and oxygen atoms in total. The zero-order chi connectivity index (χ0) is 24.4. The van der Waals surface area contributed by atoms with Crippen LogP contribution in [-0.2, 0) is 0 Å². The predicted molar refractivity (Wildman–Crippen MR) is 134 cm³/mol. The smallest absolute Gasteiger partial charge is 0.423 e. The third kappa shape index (κ3) is 5.03. The quantitative estimate of drug-likeness (QED) is 0.424. The number of carbonyl (C=O) groups excluding carboxylic acids is 1. The molecule has 5 heterocycles. The summed E-state index contributed by atoms with van der Waals surface area (Å²) in [4.78, 5) is 36.7. The Kier molecular flexibility index (Phi) is 6.47. The van der Waals surface area contributed by atoms with Crippen molar-refractivity contribution in [3.63, 3.8) is 0 Å². The Morgan fingerprint density at radius 1 is 0.914 bits per heavy atom. The number of aromatic nitrogens is 4. The maximum atomic E-state index is 12.6. The Morgan fingerprint density at radius 3 is 2.20 bits per heavy atom. The van der Waals surface area contributed by atoms with Crippen molar-refractivity contribution >= 4 is 41.8 Å². The van der Waals surface area contributed by atoms with Crippen molar-refractivity contribution < 1.29 is 14.8 Å². The number of anilines is 4. The van der Waals surface area contributed by atoms with Crippen LogP contribution in [0.3, 0.4) is 0 Å². The van der Waals surface area contributed by atoms with Crippen molar-refractivity contribution in [3.05, 3.63) is 54.6 Å². The summed E-state index contributed by atoms with van der Waals surface area (Å²) in [5.74, 6) is 2.03. The first-order chi connectivity index (χ1) is 17.0. The van der Waals surface area contributed by atoms with E-state index in [0.29, 0.717) is 29.2 Å². The molecule has 5 rings (SSSR count). The standard InChI is InChI=1S/C23H27BN8O3/c1-16-15-31(21-6-4-18(12-26-21)24(34)35)9-10-32(16)23-27-13-19(14-28-23)29-22(33)17-3-5-20(25-11-17)30-7-2-8-30/h3-6,11-14,16,34-35H,2,7-10,15H2,1H3,(H,29,33)/t16-/m0/s1. The lowest BCUT2D eigenvalue weighted by molar-refractivity contribution is 0.102. The summed E-state index contributed by atoms with van der Waals surface area (Å²) in [6, 6.07) is 7.23. The van der Waals surface area contributed by atoms with E-state index in [9.17, 15) is 14.8 Å². The monoisotopic (exact) mass is 474 g/mol. The van der Waals surface area contributed by atoms with Gasteiger partial charge in [-0.2, -0.15) is 0 Å². The molecule has 3 N–H and O–H groups in total. The molecule has 0 saturated carbocycles. The third-order valence-electron chi connectivity index (χ3n) is 6.36. The fourth-order valence-electron chi connectivity index (χ4n) is 4.19. The lowest BCUT2D eigenvalue weighted by Gasteiger charge is -2.40. The number of carbonyl (C=O) groups is 1. The summed E-state index contributed by atoms with van der Waals surface area (Å²) < 4.78 is 0. The van der Waals surface area contributed by atoms with E-state index in [4.69, 9.17) is 0 Å². The average Bonchev–Trinajstić information content (AvgIpc) is 2.84. The Labute approximate surface area is 203 Å². The SMILES string of the molecule is C[C@H]1CN(c2ccc(B(O)O)cn2)CCN1c1ncc(NC(=O)c2ccc(N3CCC3)nc2)cn1. The van der Waals surface area contributed by atoms with Gasteiger partial charge >= 0.3 is 7.12 Å². The fourth-order valence-corrected chi connectivity index (χ4v) is 4.19. The van der Waals surface area contributed by atoms with Gasteiger partial charge in [0.2, 0.25) is 5.95 Å². The number of nitrogens with zero attached hydrogens (tertiary/aromatic N) is 7. The van der Waals surface area contributed by atoms with Crippen LogP contribution in [0.25, 0.3) is 0 Å². The highest BCUT2D eigenvalue weighted by Crippen LogP contribution is 2.21. The van der Waals surface area contributed by atoms with Gasteiger partial charge in [-0.15, -0.1) is 0 Å². The molecule has 0 radical (unpaired) electrons. The molecule has 180 valence electrons. The zero-order valence-corrected chi connectivity index (χ0v) is 19.4. The molecule has 12 heteroatoms. The van der Waals surface area contributed by atoms with Crippen LogP contribution >= 0.6 is 0 Å². The number of amides is 1. The van der Waals surface area contributed by atoms with E-state index in [-0.39, 0.29) is 11.9 Å². The maximum Gasteiger partial charge on any atom is 0.490 e. The second-order valence-electron chi connectivity index (χ2n) is 8.78. The van der Waals surface area contributed by atoms with E-state index < -0.39 is 7.12 Å². The van der Waals surface area contributed by atoms with E-state index in [2.05, 4.69) is 46.9 Å². The Hall–Kier alpha value is -3.77. The van der Waals surface area contributed by atoms with E-state index in [1.807, 2.05) is 6.07 Å². The minimum atomic E-state index is -1.52. The molecule has 0 aromatic carbocycles. The van der Waals surface area contributed by atoms with Crippen LogP contribution in [0.4, 0.5) is 23.3 Å². The first-order valence-electron chi connectivity index (χ1n) is 11.7. The number of nitrogens with one attached hydrogen (secondary N) is 1. The first-order valence-corrected chi connectivity index (χ1v) is 11.7. The van der Waals surface area contributed by atoms with Crippen molar-refractivity contribution in [1.29, 1.82) is 0 Å². The molecular weight excluding hydrogens is 447 g/mol. The Balaban J connectivity index is 1.17. The highest BCUT2D eigenvalue weighted by atomic mass is 16.4. The van der Waals surface area contributed by atoms with Crippen molar-refractivity contribution in [1.82, 2.24) is 19.9 Å². The molecule has 0 spiro atoms. The molecule has 0 aliphatic carbocycles. The van der Waals surface area contributed by atoms with E-state index in [0.717, 1.165) is 37.8 Å². The van der Waals surface area contributed by atoms with Crippen molar-refractivity contribution in [3.8, 4) is 0 Å². The van der Waals surface area contributed by atoms with Crippen molar-refractivity contribution in [2.45, 2.75) is 19.4 Å². The maximum absolute atomic E-state index is 12.6. The molecule has 0 unspecified atom stereocenters. The minimum Gasteiger partial charge on any atom is -0.423 e. The van der Waals surface area contributed by atoms with Crippen molar-refractivity contribution in [2.75, 3.05) is 52.7 Å². The van der Waals surface area contributed by atoms with Gasteiger partial charge in [-0.05, 0) is 31.5 Å². The number of hydrogen-bond donors (Lipinski definition) is 3. The second-order valence-corrected chi connectivity index (χ2v) is 8.78. The Morgan fingerprint density at radius 2 is 1.63 bits per heavy atom. The van der Waals surface area contributed by atoms with Gasteiger partial charge in [-0.3, -0.25) is 4.79 Å². The van der Waals surface area contributed by atoms with Gasteiger partial charge in [0, 0.05) is 56.6 Å². The predicted octanol–water partition coefficient (Wildman–Crippen LogP) is 0.124. The average molecular weight is 474 g/mol. The van der Waals surface area contributed by atoms with Gasteiger partial charge in [-0.1, -0.05) is 6.07 Å². The molecule has 2 fully saturated rings. The molecule has 3 aromatic heterocycles. The topological polar surface area (TPSA) is 131 Å². The minimum absolute atomic E-state index is 0.130. The van der Waals surface area contributed by atoms with Gasteiger partial charge in [-0.25, -0.2) is 19.9 Å². The third-order valence-corrected chi connectivity index (χ3v) is 6.36. The summed E-state index contributed by atoms with van der Waals surface area (Å²) in [6.07, 6.45) is 7.47. The van der Waals surface area contributed by atoms with Crippen LogP contribution in [0, 0.1) is 0 Å². The van der Waals surface area contributed by atoms with Gasteiger partial charge in [0.25, 0.3) is 5.91 Å². The Bertz CT molecular complexity index is 1160. The molecule has 1 amide bonds. The molecule has 2 aliphatic rings. The van der Waals surface area contributed by atoms with Crippen LogP contribution in [0.5, 0.6) is 0 Å². The van der Waals surface area contributed by atoms with Crippen LogP contribution < -0.4 is 25.5 Å². The molecule has 3 aromatic rings. The fraction of sp³-hybridized carbons (Fsp3) is 0.348. The number of rotatable bonds is 6. The van der Waals surface area contributed by atoms with Gasteiger partial charge in [0.05, 0.1) is 23.6 Å². The van der Waals surface area contributed by atoms with Gasteiger partial charge in [0.1, 0.15) is 11.6 Å². The normalized spacial score (nSPS) is 17.7. The second kappa shape index (κ2) is 9.84. The molecule has 2 aliphatic heterocycles. The highest BCUT2D eigenvalue weighted by Gasteiger charge is 2.26. The summed E-state index contributed by atoms with van der Waals surface area (Å²) in [7, 11) is -1.52. The number of piperazine rings is 1. The van der Waals surface area contributed by atoms with Crippen LogP contribution in [0.1, 0.15) is 23.7 Å².